The number of nitrogens with one attached hydrogen (secondary N) is 2. The Labute approximate surface area is 329 Å². The SMILES string of the molecule is Cc1cc(F)c(Nc2nc(-c3cnc4c(c3)N(C3C[C@@]5(C)C3C5N3CCCCC3)C(=O)C43CCOCC3)cc3ncn(C(C)C)c23)cc1C(=O)NC1(C(F)F)CC1. The maximum absolute atomic E-state index is 15.8. The van der Waals surface area contributed by atoms with Crippen LogP contribution in [-0.4, -0.2) is 86.6 Å². The average molecular weight is 783 g/mol. The number of carbonyl (C=O) groups excluding carboxylic acids is 2. The maximum Gasteiger partial charge on any atom is 0.261 e. The third-order valence-corrected chi connectivity index (χ3v) is 14.2. The number of hydrogen-bond donors (Lipinski definition) is 2. The number of ether oxygens (including phenoxy) is 1. The first kappa shape index (κ1) is 36.8. The molecule has 3 aliphatic carbocycles. The van der Waals surface area contributed by atoms with Crippen LogP contribution < -0.4 is 15.5 Å². The van der Waals surface area contributed by atoms with E-state index in [0.29, 0.717) is 71.7 Å². The molecular weight excluding hydrogens is 734 g/mol. The minimum atomic E-state index is -2.70. The number of aromatic nitrogens is 4. The zero-order valence-corrected chi connectivity index (χ0v) is 32.9. The molecule has 4 aromatic rings. The number of alkyl halides is 2. The lowest BCUT2D eigenvalue weighted by Crippen LogP contribution is -2.52. The summed E-state index contributed by atoms with van der Waals surface area (Å²) < 4.78 is 50.9. The highest BCUT2D eigenvalue weighted by Gasteiger charge is 2.77. The summed E-state index contributed by atoms with van der Waals surface area (Å²) in [6.45, 7) is 11.2. The number of imidazole rings is 1. The Kier molecular flexibility index (Phi) is 8.37. The minimum Gasteiger partial charge on any atom is -0.381 e. The standard InChI is InChI=1S/C43H49F3N8O3/c1-23(2)53-22-48-30-19-28(49-37(34(30)53)50-29-18-26(24(3)16-27(29)44)38(55)51-43(8-9-43)39(45)46)25-17-31-35(47-21-25)42(10-14-57-15-11-42)40(56)54(31)32-20-41(4)33(32)36(41)52-12-6-5-7-13-52/h16-19,21-23,32-33,36,39H,5-15,20H2,1-4H3,(H,49,50)(H,51,55)/t32?,33?,36?,41-/m0/s1. The van der Waals surface area contributed by atoms with Crippen molar-refractivity contribution in [3.05, 3.63) is 59.4 Å². The van der Waals surface area contributed by atoms with Crippen molar-refractivity contribution in [2.45, 2.75) is 115 Å². The van der Waals surface area contributed by atoms with Crippen molar-refractivity contribution in [3.8, 4) is 11.3 Å². The molecule has 3 unspecified atom stereocenters. The Balaban J connectivity index is 1.03. The van der Waals surface area contributed by atoms with Crippen LogP contribution in [0.2, 0.25) is 0 Å². The van der Waals surface area contributed by atoms with Gasteiger partial charge in [-0.2, -0.15) is 0 Å². The Morgan fingerprint density at radius 3 is 2.47 bits per heavy atom. The Morgan fingerprint density at radius 1 is 1.02 bits per heavy atom. The summed E-state index contributed by atoms with van der Waals surface area (Å²) in [5.41, 5.74) is 2.44. The molecule has 5 fully saturated rings. The molecule has 3 aromatic heterocycles. The second kappa shape index (κ2) is 13.0. The van der Waals surface area contributed by atoms with Crippen LogP contribution in [0, 0.1) is 24.1 Å². The fraction of sp³-hybridized carbons (Fsp3) is 0.558. The van der Waals surface area contributed by atoms with Crippen molar-refractivity contribution in [1.82, 2.24) is 29.7 Å². The lowest BCUT2D eigenvalue weighted by Gasteiger charge is -2.40. The number of carbonyl (C=O) groups is 2. The van der Waals surface area contributed by atoms with Crippen molar-refractivity contribution in [2.24, 2.45) is 11.3 Å². The minimum absolute atomic E-state index is 0.0160. The van der Waals surface area contributed by atoms with E-state index in [1.165, 1.54) is 31.4 Å². The van der Waals surface area contributed by atoms with Gasteiger partial charge in [0.25, 0.3) is 12.3 Å². The molecule has 3 aliphatic heterocycles. The van der Waals surface area contributed by atoms with E-state index >= 15 is 4.39 Å². The first-order chi connectivity index (χ1) is 27.3. The number of halogens is 3. The third kappa shape index (κ3) is 5.56. The molecule has 10 rings (SSSR count). The van der Waals surface area contributed by atoms with E-state index in [-0.39, 0.29) is 47.5 Å². The van der Waals surface area contributed by atoms with Gasteiger partial charge < -0.3 is 24.8 Å². The van der Waals surface area contributed by atoms with E-state index in [1.54, 1.807) is 19.4 Å². The van der Waals surface area contributed by atoms with Gasteiger partial charge in [0.15, 0.2) is 5.82 Å². The maximum atomic E-state index is 15.8. The van der Waals surface area contributed by atoms with Crippen LogP contribution in [-0.2, 0) is 14.9 Å². The van der Waals surface area contributed by atoms with E-state index in [9.17, 15) is 18.4 Å². The molecule has 2 N–H and O–H groups in total. The molecular formula is C43H49F3N8O3. The van der Waals surface area contributed by atoms with Gasteiger partial charge in [-0.3, -0.25) is 19.5 Å². The quantitative estimate of drug-likeness (QED) is 0.180. The number of hydrogen-bond acceptors (Lipinski definition) is 8. The van der Waals surface area contributed by atoms with Crippen LogP contribution >= 0.6 is 0 Å². The number of likely N-dealkylation sites (tertiary alicyclic amines) is 1. The molecule has 300 valence electrons. The molecule has 1 aromatic carbocycles. The predicted molar refractivity (Wildman–Crippen MR) is 209 cm³/mol. The predicted octanol–water partition coefficient (Wildman–Crippen LogP) is 7.45. The first-order valence-corrected chi connectivity index (χ1v) is 20.6. The zero-order chi connectivity index (χ0) is 39.6. The zero-order valence-electron chi connectivity index (χ0n) is 32.9. The molecule has 4 atom stereocenters. The van der Waals surface area contributed by atoms with Gasteiger partial charge in [-0.1, -0.05) is 13.3 Å². The van der Waals surface area contributed by atoms with Crippen LogP contribution in [0.15, 0.2) is 36.8 Å². The summed E-state index contributed by atoms with van der Waals surface area (Å²) >= 11 is 0. The third-order valence-electron chi connectivity index (χ3n) is 14.2. The van der Waals surface area contributed by atoms with Gasteiger partial charge in [-0.05, 0) is 114 Å². The molecule has 14 heteroatoms. The van der Waals surface area contributed by atoms with E-state index < -0.39 is 29.1 Å². The van der Waals surface area contributed by atoms with Gasteiger partial charge in [0, 0.05) is 54.6 Å². The summed E-state index contributed by atoms with van der Waals surface area (Å²) in [5.74, 6) is -0.462. The molecule has 11 nitrogen and oxygen atoms in total. The number of benzene rings is 1. The lowest BCUT2D eigenvalue weighted by atomic mass is 9.77. The van der Waals surface area contributed by atoms with Crippen molar-refractivity contribution < 1.29 is 27.5 Å². The fourth-order valence-electron chi connectivity index (χ4n) is 10.7. The van der Waals surface area contributed by atoms with Crippen molar-refractivity contribution >= 4 is 40.0 Å². The number of nitrogens with zero attached hydrogens (tertiary/aromatic N) is 6. The smallest absolute Gasteiger partial charge is 0.261 e. The highest BCUT2D eigenvalue weighted by Crippen LogP contribution is 2.72. The Morgan fingerprint density at radius 2 is 1.77 bits per heavy atom. The van der Waals surface area contributed by atoms with Crippen LogP contribution in [0.5, 0.6) is 0 Å². The van der Waals surface area contributed by atoms with Crippen LogP contribution in [0.25, 0.3) is 22.3 Å². The van der Waals surface area contributed by atoms with Crippen LogP contribution in [0.4, 0.5) is 30.4 Å². The summed E-state index contributed by atoms with van der Waals surface area (Å²) in [7, 11) is 0. The summed E-state index contributed by atoms with van der Waals surface area (Å²) in [5, 5.41) is 5.65. The molecule has 2 amide bonds. The van der Waals surface area contributed by atoms with E-state index in [0.717, 1.165) is 30.9 Å². The van der Waals surface area contributed by atoms with Gasteiger partial charge in [-0.25, -0.2) is 23.1 Å². The number of pyridine rings is 2. The van der Waals surface area contributed by atoms with E-state index in [4.69, 9.17) is 19.7 Å². The van der Waals surface area contributed by atoms with Gasteiger partial charge in [0.1, 0.15) is 16.9 Å². The molecule has 0 radical (unpaired) electrons. The molecule has 2 saturated heterocycles. The van der Waals surface area contributed by atoms with E-state index in [2.05, 4.69) is 27.4 Å². The lowest BCUT2D eigenvalue weighted by molar-refractivity contribution is -0.127. The molecule has 1 spiro atoms. The number of fused-ring (bicyclic) bond motifs is 4. The van der Waals surface area contributed by atoms with Crippen molar-refractivity contribution in [1.29, 1.82) is 0 Å². The highest BCUT2D eigenvalue weighted by molar-refractivity contribution is 6.09. The summed E-state index contributed by atoms with van der Waals surface area (Å²) in [4.78, 5) is 47.7. The number of rotatable bonds is 9. The van der Waals surface area contributed by atoms with Crippen LogP contribution in [0.3, 0.4) is 0 Å². The van der Waals surface area contributed by atoms with E-state index in [1.807, 2.05) is 30.5 Å². The molecule has 3 saturated carbocycles. The van der Waals surface area contributed by atoms with Gasteiger partial charge >= 0.3 is 0 Å². The van der Waals surface area contributed by atoms with Gasteiger partial charge in [-0.15, -0.1) is 0 Å². The Bertz CT molecular complexity index is 2310. The van der Waals surface area contributed by atoms with Crippen LogP contribution in [0.1, 0.15) is 99.8 Å². The number of aryl methyl sites for hydroxylation is 1. The number of anilines is 3. The van der Waals surface area contributed by atoms with Crippen molar-refractivity contribution in [2.75, 3.05) is 36.5 Å². The average Bonchev–Trinajstić information content (AvgIpc) is 3.97. The summed E-state index contributed by atoms with van der Waals surface area (Å²) in [6.07, 6.45) is 7.03. The number of amides is 2. The number of piperidine rings is 1. The largest absolute Gasteiger partial charge is 0.381 e. The second-order valence-corrected chi connectivity index (χ2v) is 18.0. The normalized spacial score (nSPS) is 27.1. The van der Waals surface area contributed by atoms with Gasteiger partial charge in [0.05, 0.1) is 40.0 Å². The highest BCUT2D eigenvalue weighted by atomic mass is 19.3. The monoisotopic (exact) mass is 782 g/mol. The van der Waals surface area contributed by atoms with Gasteiger partial charge in [0.2, 0.25) is 5.91 Å². The summed E-state index contributed by atoms with van der Waals surface area (Å²) in [6, 6.07) is 7.07. The molecule has 6 heterocycles. The molecule has 57 heavy (non-hydrogen) atoms. The topological polar surface area (TPSA) is 118 Å². The Hall–Kier alpha value is -4.56. The first-order valence-electron chi connectivity index (χ1n) is 20.6. The molecule has 0 bridgehead atoms. The molecule has 6 aliphatic rings. The fourth-order valence-corrected chi connectivity index (χ4v) is 10.7. The van der Waals surface area contributed by atoms with Crippen molar-refractivity contribution in [3.63, 3.8) is 0 Å². The second-order valence-electron chi connectivity index (χ2n) is 18.0.